The number of halogens is 6. The Morgan fingerprint density at radius 2 is 1.65 bits per heavy atom. The van der Waals surface area contributed by atoms with Gasteiger partial charge in [0, 0.05) is 34.9 Å². The van der Waals surface area contributed by atoms with Gasteiger partial charge >= 0.3 is 12.5 Å². The average Bonchev–Trinajstić information content (AvgIpc) is 3.06. The highest BCUT2D eigenvalue weighted by atomic mass is 19.4. The number of benzene rings is 2. The molecule has 0 saturated carbocycles. The number of pyridine rings is 1. The average molecular weight is 479 g/mol. The lowest BCUT2D eigenvalue weighted by molar-refractivity contribution is -0.274. The smallest absolute Gasteiger partial charge is 0.496 e. The molecule has 0 unspecified atom stereocenters. The molecule has 34 heavy (non-hydrogen) atoms. The molecule has 0 radical (unpaired) electrons. The van der Waals surface area contributed by atoms with Crippen LogP contribution in [0.5, 0.6) is 11.5 Å². The minimum absolute atomic E-state index is 0.0265. The van der Waals surface area contributed by atoms with Crippen LogP contribution in [0.2, 0.25) is 0 Å². The Kier molecular flexibility index (Phi) is 5.84. The Hall–Kier alpha value is -3.82. The number of ether oxygens (including phenoxy) is 2. The maximum absolute atomic E-state index is 13.3. The van der Waals surface area contributed by atoms with Crippen LogP contribution >= 0.6 is 0 Å². The molecule has 1 heterocycles. The predicted molar refractivity (Wildman–Crippen MR) is 110 cm³/mol. The zero-order valence-corrected chi connectivity index (χ0v) is 17.4. The number of para-hydroxylation sites is 1. The molecule has 0 saturated heterocycles. The molecule has 1 aliphatic carbocycles. The molecule has 176 valence electrons. The van der Waals surface area contributed by atoms with Crippen LogP contribution in [0.1, 0.15) is 27.2 Å². The van der Waals surface area contributed by atoms with Crippen LogP contribution in [-0.4, -0.2) is 24.2 Å². The van der Waals surface area contributed by atoms with Gasteiger partial charge in [0.2, 0.25) is 0 Å². The Balaban J connectivity index is 1.78. The summed E-state index contributed by atoms with van der Waals surface area (Å²) in [4.78, 5) is 16.7. The Labute approximate surface area is 189 Å². The Morgan fingerprint density at radius 3 is 2.32 bits per heavy atom. The molecule has 1 aliphatic rings. The van der Waals surface area contributed by atoms with E-state index in [1.807, 2.05) is 0 Å². The molecular formula is C24H15F6NO3. The number of carbonyl (C=O) groups is 1. The van der Waals surface area contributed by atoms with Gasteiger partial charge in [0.25, 0.3) is 0 Å². The summed E-state index contributed by atoms with van der Waals surface area (Å²) in [6, 6.07) is 10.3. The van der Waals surface area contributed by atoms with Gasteiger partial charge in [-0.3, -0.25) is 9.78 Å². The second-order valence-corrected chi connectivity index (χ2v) is 7.36. The molecule has 2 aromatic carbocycles. The summed E-state index contributed by atoms with van der Waals surface area (Å²) in [5, 5.41) is 0. The number of ketones is 1. The van der Waals surface area contributed by atoms with Crippen LogP contribution in [0, 0.1) is 0 Å². The summed E-state index contributed by atoms with van der Waals surface area (Å²) < 4.78 is 88.0. The van der Waals surface area contributed by atoms with Crippen molar-refractivity contribution in [1.29, 1.82) is 0 Å². The van der Waals surface area contributed by atoms with Gasteiger partial charge < -0.3 is 9.47 Å². The summed E-state index contributed by atoms with van der Waals surface area (Å²) >= 11 is 0. The second kappa shape index (κ2) is 8.51. The Morgan fingerprint density at radius 1 is 0.912 bits per heavy atom. The summed E-state index contributed by atoms with van der Waals surface area (Å²) in [5.41, 5.74) is -0.385. The molecule has 0 fully saturated rings. The third-order valence-corrected chi connectivity index (χ3v) is 5.20. The summed E-state index contributed by atoms with van der Waals surface area (Å²) in [5.74, 6) is -0.865. The minimum atomic E-state index is -4.93. The SMILES string of the molecule is COc1cc2c(cc1-c1ccccc1OC(F)(F)F)C/C(=C\c1ncccc1C(F)(F)F)C2=O. The molecule has 0 spiro atoms. The lowest BCUT2D eigenvalue weighted by atomic mass is 9.98. The topological polar surface area (TPSA) is 48.4 Å². The molecule has 0 bridgehead atoms. The fourth-order valence-electron chi connectivity index (χ4n) is 3.78. The first kappa shape index (κ1) is 23.3. The first-order chi connectivity index (χ1) is 16.0. The van der Waals surface area contributed by atoms with Gasteiger partial charge in [0.15, 0.2) is 5.78 Å². The van der Waals surface area contributed by atoms with Crippen molar-refractivity contribution in [1.82, 2.24) is 4.98 Å². The number of fused-ring (bicyclic) bond motifs is 1. The number of rotatable bonds is 4. The van der Waals surface area contributed by atoms with Crippen molar-refractivity contribution in [2.24, 2.45) is 0 Å². The lowest BCUT2D eigenvalue weighted by Crippen LogP contribution is -2.17. The normalized spacial score (nSPS) is 14.9. The van der Waals surface area contributed by atoms with Crippen LogP contribution in [0.3, 0.4) is 0 Å². The van der Waals surface area contributed by atoms with E-state index in [9.17, 15) is 31.1 Å². The Bertz CT molecular complexity index is 1290. The number of nitrogens with zero attached hydrogens (tertiary/aromatic N) is 1. The van der Waals surface area contributed by atoms with E-state index in [0.717, 1.165) is 24.3 Å². The van der Waals surface area contributed by atoms with Crippen molar-refractivity contribution in [3.63, 3.8) is 0 Å². The van der Waals surface area contributed by atoms with E-state index < -0.39 is 35.3 Å². The van der Waals surface area contributed by atoms with Gasteiger partial charge in [-0.15, -0.1) is 13.2 Å². The third kappa shape index (κ3) is 4.61. The molecule has 0 atom stereocenters. The summed E-state index contributed by atoms with van der Waals surface area (Å²) in [6.07, 6.45) is -7.34. The number of Topliss-reactive ketones (excluding diaryl/α,β-unsaturated/α-hetero) is 1. The predicted octanol–water partition coefficient (Wildman–Crippen LogP) is 6.50. The summed E-state index contributed by atoms with van der Waals surface area (Å²) in [6.45, 7) is 0. The van der Waals surface area contributed by atoms with Crippen LogP contribution in [0.4, 0.5) is 26.3 Å². The zero-order chi connectivity index (χ0) is 24.7. The fraction of sp³-hybridized carbons (Fsp3) is 0.167. The quantitative estimate of drug-likeness (QED) is 0.317. The van der Waals surface area contributed by atoms with Gasteiger partial charge in [-0.05, 0) is 42.0 Å². The highest BCUT2D eigenvalue weighted by Crippen LogP contribution is 2.42. The molecule has 4 rings (SSSR count). The van der Waals surface area contributed by atoms with E-state index in [4.69, 9.17) is 4.74 Å². The molecule has 10 heteroatoms. The van der Waals surface area contributed by atoms with Crippen molar-refractivity contribution < 1.29 is 40.6 Å². The molecule has 0 aliphatic heterocycles. The first-order valence-corrected chi connectivity index (χ1v) is 9.81. The van der Waals surface area contributed by atoms with Gasteiger partial charge in [0.1, 0.15) is 11.5 Å². The molecule has 3 aromatic rings. The molecule has 1 aromatic heterocycles. The van der Waals surface area contributed by atoms with Crippen molar-refractivity contribution >= 4 is 11.9 Å². The number of carbonyl (C=O) groups excluding carboxylic acids is 1. The van der Waals surface area contributed by atoms with E-state index >= 15 is 0 Å². The monoisotopic (exact) mass is 479 g/mol. The van der Waals surface area contributed by atoms with E-state index in [0.29, 0.717) is 5.56 Å². The van der Waals surface area contributed by atoms with E-state index in [-0.39, 0.29) is 34.4 Å². The standard InChI is InChI=1S/C24H15F6NO3/c1-33-21-12-16-13(10-17(21)15-5-2-3-7-20(15)34-24(28,29)30)9-14(22(16)32)11-19-18(23(25,26)27)6-4-8-31-19/h2-8,10-12H,9H2,1H3/b14-11+. The van der Waals surface area contributed by atoms with Crippen molar-refractivity contribution in [2.75, 3.05) is 7.11 Å². The zero-order valence-electron chi connectivity index (χ0n) is 17.4. The van der Waals surface area contributed by atoms with Gasteiger partial charge in [-0.2, -0.15) is 13.2 Å². The lowest BCUT2D eigenvalue weighted by Gasteiger charge is -2.16. The number of alkyl halides is 6. The second-order valence-electron chi connectivity index (χ2n) is 7.36. The van der Waals surface area contributed by atoms with Crippen molar-refractivity contribution in [3.8, 4) is 22.6 Å². The number of methoxy groups -OCH3 is 1. The molecule has 0 amide bonds. The van der Waals surface area contributed by atoms with Crippen LogP contribution in [0.25, 0.3) is 17.2 Å². The maximum Gasteiger partial charge on any atom is 0.573 e. The molecule has 4 nitrogen and oxygen atoms in total. The van der Waals surface area contributed by atoms with Crippen molar-refractivity contribution in [3.05, 3.63) is 82.7 Å². The van der Waals surface area contributed by atoms with Gasteiger partial charge in [-0.25, -0.2) is 0 Å². The van der Waals surface area contributed by atoms with Crippen LogP contribution < -0.4 is 9.47 Å². The maximum atomic E-state index is 13.3. The van der Waals surface area contributed by atoms with Gasteiger partial charge in [-0.1, -0.05) is 18.2 Å². The van der Waals surface area contributed by atoms with E-state index in [1.54, 1.807) is 0 Å². The van der Waals surface area contributed by atoms with Crippen LogP contribution in [0.15, 0.2) is 60.3 Å². The highest BCUT2D eigenvalue weighted by molar-refractivity contribution is 6.16. The molecule has 0 N–H and O–H groups in total. The first-order valence-electron chi connectivity index (χ1n) is 9.81. The largest absolute Gasteiger partial charge is 0.573 e. The number of allylic oxidation sites excluding steroid dienone is 1. The van der Waals surface area contributed by atoms with E-state index in [1.165, 1.54) is 43.6 Å². The third-order valence-electron chi connectivity index (χ3n) is 5.20. The van der Waals surface area contributed by atoms with Crippen LogP contribution in [-0.2, 0) is 12.6 Å². The number of hydrogen-bond acceptors (Lipinski definition) is 4. The summed E-state index contributed by atoms with van der Waals surface area (Å²) in [7, 11) is 1.29. The number of hydrogen-bond donors (Lipinski definition) is 0. The van der Waals surface area contributed by atoms with E-state index in [2.05, 4.69) is 9.72 Å². The minimum Gasteiger partial charge on any atom is -0.496 e. The fourth-order valence-corrected chi connectivity index (χ4v) is 3.78. The van der Waals surface area contributed by atoms with Gasteiger partial charge in [0.05, 0.1) is 18.4 Å². The number of aromatic nitrogens is 1. The molecular weight excluding hydrogens is 464 g/mol. The highest BCUT2D eigenvalue weighted by Gasteiger charge is 2.35. The van der Waals surface area contributed by atoms with Crippen molar-refractivity contribution in [2.45, 2.75) is 19.0 Å².